The number of guanidine groups is 1. The summed E-state index contributed by atoms with van der Waals surface area (Å²) >= 11 is 0.445. The predicted octanol–water partition coefficient (Wildman–Crippen LogP) is 5.21. The Bertz CT molecular complexity index is 997. The monoisotopic (exact) mass is 467 g/mol. The molecule has 1 aromatic heterocycles. The third-order valence-corrected chi connectivity index (χ3v) is 5.20. The van der Waals surface area contributed by atoms with Crippen molar-refractivity contribution >= 4 is 34.7 Å². The molecule has 0 saturated carbocycles. The number of aromatic nitrogens is 1. The van der Waals surface area contributed by atoms with E-state index in [2.05, 4.69) is 25.6 Å². The zero-order valence-electron chi connectivity index (χ0n) is 17.9. The van der Waals surface area contributed by atoms with Crippen molar-refractivity contribution in [3.05, 3.63) is 46.5 Å². The normalized spacial score (nSPS) is 15.1. The van der Waals surface area contributed by atoms with Crippen LogP contribution in [0.3, 0.4) is 0 Å². The van der Waals surface area contributed by atoms with Crippen LogP contribution in [0.25, 0.3) is 0 Å². The molecule has 0 radical (unpaired) electrons. The van der Waals surface area contributed by atoms with Gasteiger partial charge >= 0.3 is 12.3 Å². The molecule has 1 aliphatic rings. The molecule has 0 spiro atoms. The Labute approximate surface area is 187 Å². The first-order valence-electron chi connectivity index (χ1n) is 9.96. The number of amides is 1. The molecule has 172 valence electrons. The summed E-state index contributed by atoms with van der Waals surface area (Å²) in [5, 5.41) is 5.30. The van der Waals surface area contributed by atoms with Crippen molar-refractivity contribution in [3.63, 3.8) is 0 Å². The van der Waals surface area contributed by atoms with Crippen LogP contribution in [0.15, 0.2) is 40.3 Å². The number of rotatable bonds is 5. The second-order valence-corrected chi connectivity index (χ2v) is 9.05. The maximum atomic E-state index is 13.9. The fraction of sp³-hybridized carbons (Fsp3) is 0.429. The van der Waals surface area contributed by atoms with E-state index >= 15 is 0 Å². The number of carbonyl (C=O) groups is 1. The molecule has 2 heterocycles. The number of carbonyl (C=O) groups excluding carboxylic acids is 1. The third-order valence-electron chi connectivity index (χ3n) is 4.17. The van der Waals surface area contributed by atoms with E-state index in [0.717, 1.165) is 5.56 Å². The molecule has 2 N–H and O–H groups in total. The minimum absolute atomic E-state index is 0.00539. The Morgan fingerprint density at radius 2 is 1.94 bits per heavy atom. The summed E-state index contributed by atoms with van der Waals surface area (Å²) < 4.78 is 46.9. The van der Waals surface area contributed by atoms with E-state index in [1.165, 1.54) is 0 Å². The highest BCUT2D eigenvalue weighted by Gasteiger charge is 2.40. The number of hydrogen-bond donors (Lipinski definition) is 2. The van der Waals surface area contributed by atoms with Gasteiger partial charge in [-0.05, 0) is 32.8 Å². The molecule has 1 amide bonds. The number of anilines is 1. The van der Waals surface area contributed by atoms with Gasteiger partial charge in [-0.3, -0.25) is 4.99 Å². The number of hydrogen-bond acceptors (Lipinski definition) is 7. The number of aliphatic imine (C=N–C) groups is 2. The number of alkyl carbamates (subject to hydrolysis) is 1. The molecule has 1 atom stereocenters. The van der Waals surface area contributed by atoms with Gasteiger partial charge in [0, 0.05) is 19.2 Å². The fourth-order valence-corrected chi connectivity index (χ4v) is 3.82. The molecule has 0 aliphatic carbocycles. The summed E-state index contributed by atoms with van der Waals surface area (Å²) in [6.45, 7) is 5.52. The molecule has 1 aliphatic heterocycles. The molecule has 0 saturated heterocycles. The largest absolute Gasteiger partial charge is 0.444 e. The Hall–Kier alpha value is -2.95. The van der Waals surface area contributed by atoms with E-state index in [4.69, 9.17) is 4.74 Å². The van der Waals surface area contributed by atoms with Gasteiger partial charge in [0.15, 0.2) is 5.13 Å². The summed E-state index contributed by atoms with van der Waals surface area (Å²) in [6.07, 6.45) is -3.08. The first-order chi connectivity index (χ1) is 15.0. The number of alkyl halides is 3. The minimum atomic E-state index is -4.66. The van der Waals surface area contributed by atoms with Crippen molar-refractivity contribution in [1.82, 2.24) is 10.3 Å². The fourth-order valence-electron chi connectivity index (χ4n) is 2.93. The topological polar surface area (TPSA) is 88.0 Å². The van der Waals surface area contributed by atoms with Crippen molar-refractivity contribution in [1.29, 1.82) is 0 Å². The van der Waals surface area contributed by atoms with Crippen LogP contribution in [-0.2, 0) is 17.3 Å². The lowest BCUT2D eigenvalue weighted by Gasteiger charge is -2.24. The minimum Gasteiger partial charge on any atom is -0.444 e. The Morgan fingerprint density at radius 3 is 2.53 bits per heavy atom. The van der Waals surface area contributed by atoms with Crippen LogP contribution >= 0.6 is 11.3 Å². The van der Waals surface area contributed by atoms with Gasteiger partial charge in [0.05, 0.1) is 11.7 Å². The quantitative estimate of drug-likeness (QED) is 0.632. The summed E-state index contributed by atoms with van der Waals surface area (Å²) in [7, 11) is 0. The average molecular weight is 468 g/mol. The van der Waals surface area contributed by atoms with Gasteiger partial charge < -0.3 is 15.4 Å². The number of nitrogens with zero attached hydrogens (tertiary/aromatic N) is 3. The highest BCUT2D eigenvalue weighted by Crippen LogP contribution is 2.41. The standard InChI is InChI=1S/C21H24F3N5O2S/c1-20(2,3)31-19(30)27-14(12-13-8-5-4-6-9-13)15-16(21(22,23)24)32-18(28-15)29-17-25-10-7-11-26-17/h4-6,8-10,14H,7,11-12H2,1-3H3,(H,27,30)(H,26,28,29)/t14-/m0/s1. The van der Waals surface area contributed by atoms with Crippen molar-refractivity contribution in [3.8, 4) is 0 Å². The lowest BCUT2D eigenvalue weighted by molar-refractivity contribution is -0.135. The predicted molar refractivity (Wildman–Crippen MR) is 118 cm³/mol. The Kier molecular flexibility index (Phi) is 7.17. The molecule has 1 aromatic carbocycles. The van der Waals surface area contributed by atoms with E-state index < -0.39 is 28.8 Å². The molecule has 7 nitrogen and oxygen atoms in total. The van der Waals surface area contributed by atoms with Gasteiger partial charge in [-0.1, -0.05) is 41.7 Å². The molecule has 2 aromatic rings. The Morgan fingerprint density at radius 1 is 1.22 bits per heavy atom. The van der Waals surface area contributed by atoms with Crippen LogP contribution in [0.1, 0.15) is 49.4 Å². The summed E-state index contributed by atoms with van der Waals surface area (Å²) in [5.74, 6) is 0.199. The van der Waals surface area contributed by atoms with Crippen LogP contribution < -0.4 is 10.6 Å². The molecule has 0 fully saturated rings. The lowest BCUT2D eigenvalue weighted by atomic mass is 10.0. The van der Waals surface area contributed by atoms with Gasteiger partial charge in [0.25, 0.3) is 0 Å². The second kappa shape index (κ2) is 9.68. The molecule has 0 unspecified atom stereocenters. The van der Waals surface area contributed by atoms with Gasteiger partial charge in [-0.2, -0.15) is 13.2 Å². The number of benzene rings is 1. The van der Waals surface area contributed by atoms with E-state index in [-0.39, 0.29) is 23.2 Å². The zero-order valence-corrected chi connectivity index (χ0v) is 18.7. The van der Waals surface area contributed by atoms with Gasteiger partial charge in [0.2, 0.25) is 5.96 Å². The van der Waals surface area contributed by atoms with Crippen molar-refractivity contribution in [2.24, 2.45) is 9.98 Å². The number of thiazole rings is 1. The first-order valence-corrected chi connectivity index (χ1v) is 10.8. The van der Waals surface area contributed by atoms with Crippen LogP contribution in [0, 0.1) is 0 Å². The summed E-state index contributed by atoms with van der Waals surface area (Å²) in [4.78, 5) is 23.9. The SMILES string of the molecule is CC(C)(C)OC(=O)N[C@@H](Cc1ccccc1)c1nc(NC2=NCCC=N2)sc1C(F)(F)F. The summed E-state index contributed by atoms with van der Waals surface area (Å²) in [5.41, 5.74) is -0.356. The number of nitrogens with one attached hydrogen (secondary N) is 2. The van der Waals surface area contributed by atoms with Crippen molar-refractivity contribution in [2.75, 3.05) is 11.9 Å². The van der Waals surface area contributed by atoms with Gasteiger partial charge in [0.1, 0.15) is 10.5 Å². The smallest absolute Gasteiger partial charge is 0.427 e. The number of ether oxygens (including phenoxy) is 1. The van der Waals surface area contributed by atoms with Crippen LogP contribution in [0.2, 0.25) is 0 Å². The van der Waals surface area contributed by atoms with Crippen molar-refractivity contribution < 1.29 is 22.7 Å². The number of halogens is 3. The summed E-state index contributed by atoms with van der Waals surface area (Å²) in [6, 6.07) is 7.84. The molecular formula is C21H24F3N5O2S. The lowest BCUT2D eigenvalue weighted by Crippen LogP contribution is -2.36. The maximum Gasteiger partial charge on any atom is 0.427 e. The third kappa shape index (κ3) is 6.78. The maximum absolute atomic E-state index is 13.9. The molecule has 3 rings (SSSR count). The average Bonchev–Trinajstić information content (AvgIpc) is 3.12. The van der Waals surface area contributed by atoms with Gasteiger partial charge in [-0.25, -0.2) is 14.8 Å². The van der Waals surface area contributed by atoms with Crippen molar-refractivity contribution in [2.45, 2.75) is 51.4 Å². The molecule has 32 heavy (non-hydrogen) atoms. The van der Waals surface area contributed by atoms with Crippen LogP contribution in [0.5, 0.6) is 0 Å². The Balaban J connectivity index is 1.96. The van der Waals surface area contributed by atoms with Gasteiger partial charge in [-0.15, -0.1) is 0 Å². The van der Waals surface area contributed by atoms with Crippen LogP contribution in [0.4, 0.5) is 23.1 Å². The van der Waals surface area contributed by atoms with E-state index in [9.17, 15) is 18.0 Å². The van der Waals surface area contributed by atoms with E-state index in [1.807, 2.05) is 0 Å². The van der Waals surface area contributed by atoms with E-state index in [1.54, 1.807) is 57.3 Å². The molecule has 11 heteroatoms. The molecule has 0 bridgehead atoms. The highest BCUT2D eigenvalue weighted by atomic mass is 32.1. The highest BCUT2D eigenvalue weighted by molar-refractivity contribution is 7.16. The first kappa shape index (κ1) is 23.7. The zero-order chi connectivity index (χ0) is 23.4. The molecular weight excluding hydrogens is 443 g/mol. The van der Waals surface area contributed by atoms with Crippen LogP contribution in [-0.4, -0.2) is 35.4 Å². The second-order valence-electron chi connectivity index (χ2n) is 8.05. The van der Waals surface area contributed by atoms with E-state index in [0.29, 0.717) is 24.3 Å².